The number of ether oxygens (including phenoxy) is 2. The molecule has 5 N–H and O–H groups in total. The summed E-state index contributed by atoms with van der Waals surface area (Å²) < 4.78 is 11.4. The fourth-order valence-corrected chi connectivity index (χ4v) is 7.45. The SMILES string of the molecule is CCCCCCCCCCCCCCCCC/C=C\C(=O)NCCCCC(NC(=O)C1(C)COC(c2ccccc2O)=N1)C(=O)OC(C)CC(=O)NC1CCCCNC1=O. The van der Waals surface area contributed by atoms with Gasteiger partial charge in [-0.15, -0.1) is 0 Å². The lowest BCUT2D eigenvalue weighted by Crippen LogP contribution is -2.51. The van der Waals surface area contributed by atoms with Gasteiger partial charge in [-0.05, 0) is 83.4 Å². The number of carbonyl (C=O) groups is 5. The average molecular weight is 838 g/mol. The van der Waals surface area contributed by atoms with Gasteiger partial charge in [-0.2, -0.15) is 0 Å². The second-order valence-corrected chi connectivity index (χ2v) is 16.8. The van der Waals surface area contributed by atoms with Crippen LogP contribution in [-0.2, 0) is 33.4 Å². The molecule has 336 valence electrons. The number of phenolic OH excluding ortho intramolecular Hbond substituents is 1. The second kappa shape index (κ2) is 28.9. The largest absolute Gasteiger partial charge is 0.507 e. The molecule has 3 rings (SSSR count). The number of amides is 4. The third-order valence-corrected chi connectivity index (χ3v) is 11.2. The van der Waals surface area contributed by atoms with Crippen LogP contribution < -0.4 is 21.3 Å². The zero-order valence-electron chi connectivity index (χ0n) is 36.8. The molecular formula is C47H75N5O8. The van der Waals surface area contributed by atoms with Gasteiger partial charge in [0.15, 0.2) is 5.54 Å². The van der Waals surface area contributed by atoms with Crippen molar-refractivity contribution >= 4 is 35.5 Å². The van der Waals surface area contributed by atoms with Crippen molar-refractivity contribution in [2.24, 2.45) is 4.99 Å². The summed E-state index contributed by atoms with van der Waals surface area (Å²) in [6.07, 6.45) is 26.6. The average Bonchev–Trinajstić information content (AvgIpc) is 3.52. The Bertz CT molecular complexity index is 1530. The minimum absolute atomic E-state index is 0.0390. The van der Waals surface area contributed by atoms with Gasteiger partial charge in [-0.3, -0.25) is 19.2 Å². The van der Waals surface area contributed by atoms with Crippen LogP contribution in [0.5, 0.6) is 5.75 Å². The molecule has 4 atom stereocenters. The number of aromatic hydroxyl groups is 1. The van der Waals surface area contributed by atoms with E-state index in [2.05, 4.69) is 33.2 Å². The molecule has 0 aliphatic carbocycles. The summed E-state index contributed by atoms with van der Waals surface area (Å²) in [6.45, 7) is 6.29. The lowest BCUT2D eigenvalue weighted by Gasteiger charge is -2.24. The quantitative estimate of drug-likeness (QED) is 0.0298. The maximum atomic E-state index is 13.6. The van der Waals surface area contributed by atoms with Gasteiger partial charge in [0.1, 0.15) is 30.5 Å². The highest BCUT2D eigenvalue weighted by atomic mass is 16.5. The molecule has 1 aromatic rings. The van der Waals surface area contributed by atoms with Crippen LogP contribution >= 0.6 is 0 Å². The van der Waals surface area contributed by atoms with Crippen molar-refractivity contribution < 1.29 is 38.6 Å². The smallest absolute Gasteiger partial charge is 0.328 e. The van der Waals surface area contributed by atoms with E-state index >= 15 is 0 Å². The number of aliphatic imine (C=N–C) groups is 1. The Morgan fingerprint density at radius 3 is 2.25 bits per heavy atom. The molecule has 2 aliphatic heterocycles. The number of para-hydroxylation sites is 1. The van der Waals surface area contributed by atoms with Gasteiger partial charge in [0.2, 0.25) is 23.6 Å². The predicted molar refractivity (Wildman–Crippen MR) is 235 cm³/mol. The molecule has 0 spiro atoms. The first kappa shape index (κ1) is 49.9. The summed E-state index contributed by atoms with van der Waals surface area (Å²) in [6, 6.07) is 4.81. The zero-order chi connectivity index (χ0) is 43.4. The molecule has 60 heavy (non-hydrogen) atoms. The summed E-state index contributed by atoms with van der Waals surface area (Å²) in [7, 11) is 0. The van der Waals surface area contributed by atoms with Crippen molar-refractivity contribution in [3.8, 4) is 5.75 Å². The highest BCUT2D eigenvalue weighted by molar-refractivity contribution is 6.02. The van der Waals surface area contributed by atoms with Crippen LogP contribution in [0.3, 0.4) is 0 Å². The molecule has 1 aromatic carbocycles. The third-order valence-electron chi connectivity index (χ3n) is 11.2. The van der Waals surface area contributed by atoms with Crippen molar-refractivity contribution in [3.63, 3.8) is 0 Å². The maximum absolute atomic E-state index is 13.6. The van der Waals surface area contributed by atoms with Gasteiger partial charge >= 0.3 is 5.97 Å². The van der Waals surface area contributed by atoms with Crippen molar-refractivity contribution in [3.05, 3.63) is 42.0 Å². The van der Waals surface area contributed by atoms with Crippen LogP contribution in [0, 0.1) is 0 Å². The number of nitrogens with zero attached hydrogens (tertiary/aromatic N) is 1. The Kier molecular flexibility index (Phi) is 24.1. The Hall–Kier alpha value is -4.42. The minimum atomic E-state index is -1.38. The molecule has 4 unspecified atom stereocenters. The molecule has 0 saturated carbocycles. The van der Waals surface area contributed by atoms with Gasteiger partial charge in [-0.1, -0.05) is 115 Å². The number of rotatable bonds is 30. The molecule has 1 fully saturated rings. The number of nitrogens with one attached hydrogen (secondary N) is 4. The van der Waals surface area contributed by atoms with E-state index in [1.165, 1.54) is 96.0 Å². The van der Waals surface area contributed by atoms with Crippen LogP contribution in [0.4, 0.5) is 0 Å². The minimum Gasteiger partial charge on any atom is -0.507 e. The van der Waals surface area contributed by atoms with E-state index in [0.29, 0.717) is 37.9 Å². The fourth-order valence-electron chi connectivity index (χ4n) is 7.45. The van der Waals surface area contributed by atoms with Crippen LogP contribution in [0.2, 0.25) is 0 Å². The molecule has 2 heterocycles. The molecule has 4 amide bonds. The first-order valence-corrected chi connectivity index (χ1v) is 23.1. The molecule has 0 radical (unpaired) electrons. The standard InChI is InChI=1S/C47H75N5O8/c1-4-5-6-7-8-9-10-11-12-13-14-15-16-17-18-19-20-31-41(54)48-32-25-24-29-39(45(57)60-36(2)34-42(55)50-38-28-23-26-33-49-43(38)56)51-46(58)47(3)35-59-44(52-47)37-27-21-22-30-40(37)53/h20-22,27,30-31,36,38-39,53H,4-19,23-26,28-29,32-35H2,1-3H3,(H,48,54)(H,49,56)(H,50,55)(H,51,58)/b31-20-. The zero-order valence-corrected chi connectivity index (χ0v) is 36.8. The number of allylic oxidation sites excluding steroid dienone is 1. The lowest BCUT2D eigenvalue weighted by atomic mass is 10.0. The number of hydrogen-bond donors (Lipinski definition) is 5. The van der Waals surface area contributed by atoms with Crippen molar-refractivity contribution in [1.29, 1.82) is 0 Å². The van der Waals surface area contributed by atoms with Crippen LogP contribution in [0.15, 0.2) is 41.4 Å². The van der Waals surface area contributed by atoms with E-state index in [4.69, 9.17) is 9.47 Å². The molecule has 13 heteroatoms. The molecular weight excluding hydrogens is 763 g/mol. The number of unbranched alkanes of at least 4 members (excludes halogenated alkanes) is 16. The molecule has 1 saturated heterocycles. The first-order chi connectivity index (χ1) is 29.0. The Labute approximate surface area is 359 Å². The van der Waals surface area contributed by atoms with E-state index in [-0.39, 0.29) is 42.9 Å². The Balaban J connectivity index is 1.39. The van der Waals surface area contributed by atoms with Crippen LogP contribution in [0.25, 0.3) is 0 Å². The maximum Gasteiger partial charge on any atom is 0.328 e. The van der Waals surface area contributed by atoms with Crippen molar-refractivity contribution in [2.45, 2.75) is 192 Å². The second-order valence-electron chi connectivity index (χ2n) is 16.8. The van der Waals surface area contributed by atoms with E-state index in [9.17, 15) is 29.1 Å². The molecule has 2 aliphatic rings. The summed E-state index contributed by atoms with van der Waals surface area (Å²) in [5, 5.41) is 21.5. The summed E-state index contributed by atoms with van der Waals surface area (Å²) in [5.41, 5.74) is -1.03. The number of carbonyl (C=O) groups excluding carboxylic acids is 5. The van der Waals surface area contributed by atoms with Gasteiger partial charge in [0.05, 0.1) is 12.0 Å². The summed E-state index contributed by atoms with van der Waals surface area (Å²) >= 11 is 0. The monoisotopic (exact) mass is 838 g/mol. The molecule has 0 bridgehead atoms. The number of esters is 1. The van der Waals surface area contributed by atoms with E-state index in [1.54, 1.807) is 38.1 Å². The number of phenols is 1. The summed E-state index contributed by atoms with van der Waals surface area (Å²) in [5.74, 6) is -2.01. The van der Waals surface area contributed by atoms with Gasteiger partial charge in [0.25, 0.3) is 5.91 Å². The highest BCUT2D eigenvalue weighted by Crippen LogP contribution is 2.26. The number of benzene rings is 1. The van der Waals surface area contributed by atoms with Crippen molar-refractivity contribution in [1.82, 2.24) is 21.3 Å². The van der Waals surface area contributed by atoms with Gasteiger partial charge < -0.3 is 35.8 Å². The Morgan fingerprint density at radius 2 is 1.58 bits per heavy atom. The van der Waals surface area contributed by atoms with Gasteiger partial charge in [-0.25, -0.2) is 9.79 Å². The number of hydrogen-bond acceptors (Lipinski definition) is 9. The van der Waals surface area contributed by atoms with Gasteiger partial charge in [0, 0.05) is 13.1 Å². The summed E-state index contributed by atoms with van der Waals surface area (Å²) in [4.78, 5) is 69.1. The predicted octanol–water partition coefficient (Wildman–Crippen LogP) is 7.62. The third kappa shape index (κ3) is 19.8. The molecule has 0 aromatic heterocycles. The van der Waals surface area contributed by atoms with Crippen LogP contribution in [0.1, 0.15) is 174 Å². The van der Waals surface area contributed by atoms with E-state index in [0.717, 1.165) is 25.7 Å². The highest BCUT2D eigenvalue weighted by Gasteiger charge is 2.42. The van der Waals surface area contributed by atoms with E-state index < -0.39 is 41.5 Å². The fraction of sp³-hybridized carbons (Fsp3) is 0.702. The van der Waals surface area contributed by atoms with Crippen molar-refractivity contribution in [2.75, 3.05) is 19.7 Å². The Morgan fingerprint density at radius 1 is 0.933 bits per heavy atom. The normalized spacial score (nSPS) is 18.8. The topological polar surface area (TPSA) is 185 Å². The van der Waals surface area contributed by atoms with Crippen LogP contribution in [-0.4, -0.2) is 84.0 Å². The first-order valence-electron chi connectivity index (χ1n) is 23.1. The molecule has 13 nitrogen and oxygen atoms in total. The lowest BCUT2D eigenvalue weighted by molar-refractivity contribution is -0.154. The van der Waals surface area contributed by atoms with E-state index in [1.807, 2.05) is 6.08 Å².